The number of hydrogen-bond donors (Lipinski definition) is 1. The average molecular weight is 520 g/mol. The Balaban J connectivity index is 1.38. The number of carbonyl (C=O) groups is 1. The van der Waals surface area contributed by atoms with Crippen LogP contribution < -0.4 is 5.32 Å². The van der Waals surface area contributed by atoms with Crippen molar-refractivity contribution < 1.29 is 18.0 Å². The Morgan fingerprint density at radius 2 is 1.71 bits per heavy atom. The van der Waals surface area contributed by atoms with Crippen LogP contribution in [0.5, 0.6) is 0 Å². The predicted octanol–water partition coefficient (Wildman–Crippen LogP) is 6.04. The number of benzene rings is 2. The van der Waals surface area contributed by atoms with Gasteiger partial charge in [0.2, 0.25) is 5.91 Å². The van der Waals surface area contributed by atoms with Gasteiger partial charge in [-0.3, -0.25) is 9.78 Å². The third kappa shape index (κ3) is 4.31. The molecule has 2 aliphatic heterocycles. The highest BCUT2D eigenvalue weighted by molar-refractivity contribution is 5.82. The summed E-state index contributed by atoms with van der Waals surface area (Å²) in [7, 11) is 0. The van der Waals surface area contributed by atoms with E-state index in [9.17, 15) is 18.0 Å². The number of rotatable bonds is 3. The Morgan fingerprint density at radius 1 is 1.00 bits per heavy atom. The molecule has 2 aromatic carbocycles. The first-order chi connectivity index (χ1) is 18.4. The number of amides is 1. The van der Waals surface area contributed by atoms with Crippen molar-refractivity contribution in [3.05, 3.63) is 101 Å². The SMILES string of the molecule is O=C([C@@H]1CNC[C@]12CCCc1nccc(C(F)(F)F)c12)N1CC[C@@H](c2ccccc2)C[C@H]1c1ccccc1. The highest BCUT2D eigenvalue weighted by Crippen LogP contribution is 2.51. The minimum absolute atomic E-state index is 0.0415. The molecule has 1 N–H and O–H groups in total. The normalized spacial score (nSPS) is 27.3. The molecule has 1 aliphatic carbocycles. The van der Waals surface area contributed by atoms with E-state index in [0.717, 1.165) is 30.9 Å². The summed E-state index contributed by atoms with van der Waals surface area (Å²) in [6, 6.07) is 21.4. The van der Waals surface area contributed by atoms with Crippen LogP contribution in [0.3, 0.4) is 0 Å². The maximum Gasteiger partial charge on any atom is 0.416 e. The highest BCUT2D eigenvalue weighted by Gasteiger charge is 2.55. The summed E-state index contributed by atoms with van der Waals surface area (Å²) in [5.41, 5.74) is 1.55. The Kier molecular flexibility index (Phi) is 6.50. The number of alkyl halides is 3. The second-order valence-corrected chi connectivity index (χ2v) is 11.0. The van der Waals surface area contributed by atoms with E-state index < -0.39 is 23.1 Å². The summed E-state index contributed by atoms with van der Waals surface area (Å²) >= 11 is 0. The quantitative estimate of drug-likeness (QED) is 0.459. The lowest BCUT2D eigenvalue weighted by molar-refractivity contribution is -0.144. The second kappa shape index (κ2) is 9.84. The molecule has 1 aromatic heterocycles. The van der Waals surface area contributed by atoms with E-state index in [1.165, 1.54) is 11.8 Å². The lowest BCUT2D eigenvalue weighted by atomic mass is 9.63. The van der Waals surface area contributed by atoms with Crippen LogP contribution in [-0.4, -0.2) is 35.4 Å². The smallest absolute Gasteiger partial charge is 0.335 e. The van der Waals surface area contributed by atoms with Crippen molar-refractivity contribution in [2.45, 2.75) is 55.7 Å². The lowest BCUT2D eigenvalue weighted by Crippen LogP contribution is -2.51. The molecule has 4 atom stereocenters. The number of aryl methyl sites for hydroxylation is 1. The Morgan fingerprint density at radius 3 is 2.42 bits per heavy atom. The van der Waals surface area contributed by atoms with E-state index in [1.54, 1.807) is 0 Å². The predicted molar refractivity (Wildman–Crippen MR) is 140 cm³/mol. The molecule has 1 spiro atoms. The number of likely N-dealkylation sites (tertiary alicyclic amines) is 1. The number of hydrogen-bond acceptors (Lipinski definition) is 3. The standard InChI is InChI=1S/C31H32F3N3O/c32-31(33,34)24-13-16-36-26-12-7-15-30(28(24)26)20-35-19-25(30)29(38)37-17-14-23(21-8-3-1-4-9-21)18-27(37)22-10-5-2-6-11-22/h1-6,8-11,13,16,23,25,27,35H,7,12,14-15,17-20H2/t23-,25+,27+,30-/m1/s1. The van der Waals surface area contributed by atoms with E-state index in [0.29, 0.717) is 44.1 Å². The highest BCUT2D eigenvalue weighted by atomic mass is 19.4. The van der Waals surface area contributed by atoms with Crippen LogP contribution in [0.4, 0.5) is 13.2 Å². The van der Waals surface area contributed by atoms with Crippen molar-refractivity contribution in [3.63, 3.8) is 0 Å². The number of nitrogens with zero attached hydrogens (tertiary/aromatic N) is 2. The molecule has 0 saturated carbocycles. The molecule has 4 nitrogen and oxygen atoms in total. The number of pyridine rings is 1. The minimum atomic E-state index is -4.49. The van der Waals surface area contributed by atoms with Gasteiger partial charge in [0.05, 0.1) is 17.5 Å². The van der Waals surface area contributed by atoms with Crippen molar-refractivity contribution in [1.29, 1.82) is 0 Å². The van der Waals surface area contributed by atoms with E-state index in [-0.39, 0.29) is 17.5 Å². The van der Waals surface area contributed by atoms with Crippen molar-refractivity contribution in [2.75, 3.05) is 19.6 Å². The number of carbonyl (C=O) groups excluding carboxylic acids is 1. The second-order valence-electron chi connectivity index (χ2n) is 11.0. The minimum Gasteiger partial charge on any atom is -0.335 e. The van der Waals surface area contributed by atoms with E-state index in [4.69, 9.17) is 0 Å². The molecule has 0 bridgehead atoms. The van der Waals surface area contributed by atoms with E-state index >= 15 is 0 Å². The van der Waals surface area contributed by atoms with Crippen molar-refractivity contribution in [3.8, 4) is 0 Å². The van der Waals surface area contributed by atoms with Gasteiger partial charge in [-0.25, -0.2) is 0 Å². The van der Waals surface area contributed by atoms with Crippen LogP contribution in [0.15, 0.2) is 72.9 Å². The number of fused-ring (bicyclic) bond motifs is 2. The van der Waals surface area contributed by atoms with Gasteiger partial charge < -0.3 is 10.2 Å². The summed E-state index contributed by atoms with van der Waals surface area (Å²) in [5.74, 6) is -0.288. The summed E-state index contributed by atoms with van der Waals surface area (Å²) in [6.07, 6.45) is 0.182. The maximum atomic E-state index is 14.5. The topological polar surface area (TPSA) is 45.2 Å². The molecule has 38 heavy (non-hydrogen) atoms. The van der Waals surface area contributed by atoms with Crippen LogP contribution in [-0.2, 0) is 22.8 Å². The van der Waals surface area contributed by atoms with Gasteiger partial charge in [0.15, 0.2) is 0 Å². The van der Waals surface area contributed by atoms with Gasteiger partial charge in [0.1, 0.15) is 0 Å². The summed E-state index contributed by atoms with van der Waals surface area (Å²) in [6.45, 7) is 1.32. The zero-order valence-electron chi connectivity index (χ0n) is 21.3. The van der Waals surface area contributed by atoms with Crippen LogP contribution in [0, 0.1) is 5.92 Å². The monoisotopic (exact) mass is 519 g/mol. The molecule has 198 valence electrons. The Labute approximate surface area is 221 Å². The van der Waals surface area contributed by atoms with Gasteiger partial charge >= 0.3 is 6.18 Å². The number of nitrogens with one attached hydrogen (secondary N) is 1. The molecule has 2 fully saturated rings. The van der Waals surface area contributed by atoms with E-state index in [1.807, 2.05) is 41.3 Å². The molecule has 2 saturated heterocycles. The Bertz CT molecular complexity index is 1300. The lowest BCUT2D eigenvalue weighted by Gasteiger charge is -2.45. The van der Waals surface area contributed by atoms with Crippen molar-refractivity contribution >= 4 is 5.91 Å². The first-order valence-corrected chi connectivity index (χ1v) is 13.5. The van der Waals surface area contributed by atoms with Crippen LogP contribution >= 0.6 is 0 Å². The van der Waals surface area contributed by atoms with Crippen molar-refractivity contribution in [2.24, 2.45) is 5.92 Å². The van der Waals surface area contributed by atoms with Crippen LogP contribution in [0.2, 0.25) is 0 Å². The molecule has 0 radical (unpaired) electrons. The molecular weight excluding hydrogens is 487 g/mol. The molecule has 7 heteroatoms. The van der Waals surface area contributed by atoms with Gasteiger partial charge in [-0.05, 0) is 60.8 Å². The van der Waals surface area contributed by atoms with E-state index in [2.05, 4.69) is 34.6 Å². The number of halogens is 3. The Hall–Kier alpha value is -3.19. The molecular formula is C31H32F3N3O. The average Bonchev–Trinajstić information content (AvgIpc) is 3.36. The zero-order chi connectivity index (χ0) is 26.3. The molecule has 6 rings (SSSR count). The molecule has 3 aliphatic rings. The fraction of sp³-hybridized carbons (Fsp3) is 0.419. The molecule has 3 heterocycles. The maximum absolute atomic E-state index is 14.5. The number of piperidine rings is 1. The van der Waals surface area contributed by atoms with Crippen LogP contribution in [0.1, 0.15) is 65.6 Å². The molecule has 0 unspecified atom stereocenters. The van der Waals surface area contributed by atoms with Gasteiger partial charge in [-0.2, -0.15) is 13.2 Å². The number of aromatic nitrogens is 1. The largest absolute Gasteiger partial charge is 0.416 e. The van der Waals surface area contributed by atoms with Gasteiger partial charge in [-0.1, -0.05) is 60.7 Å². The van der Waals surface area contributed by atoms with Gasteiger partial charge in [0.25, 0.3) is 0 Å². The summed E-state index contributed by atoms with van der Waals surface area (Å²) in [4.78, 5) is 20.8. The fourth-order valence-electron chi connectivity index (χ4n) is 7.24. The fourth-order valence-corrected chi connectivity index (χ4v) is 7.24. The third-order valence-corrected chi connectivity index (χ3v) is 8.96. The first kappa shape index (κ1) is 25.1. The van der Waals surface area contributed by atoms with Gasteiger partial charge in [-0.15, -0.1) is 0 Å². The molecule has 1 amide bonds. The zero-order valence-corrected chi connectivity index (χ0v) is 21.3. The third-order valence-electron chi connectivity index (χ3n) is 8.96. The van der Waals surface area contributed by atoms with Crippen molar-refractivity contribution in [1.82, 2.24) is 15.2 Å². The van der Waals surface area contributed by atoms with Gasteiger partial charge in [0, 0.05) is 36.9 Å². The summed E-state index contributed by atoms with van der Waals surface area (Å²) in [5, 5.41) is 3.32. The first-order valence-electron chi connectivity index (χ1n) is 13.5. The van der Waals surface area contributed by atoms with Crippen LogP contribution in [0.25, 0.3) is 0 Å². The molecule has 3 aromatic rings. The summed E-state index contributed by atoms with van der Waals surface area (Å²) < 4.78 is 42.7.